The van der Waals surface area contributed by atoms with Crippen molar-refractivity contribution in [2.24, 2.45) is 16.9 Å². The second-order valence-electron chi connectivity index (χ2n) is 10.7. The zero-order chi connectivity index (χ0) is 27.4. The number of urea groups is 1. The first-order valence-electron chi connectivity index (χ1n) is 13.5. The Kier molecular flexibility index (Phi) is 8.61. The standard InChI is InChI=1S/C30H40N4O3S/c1-6-38(36,37)27-16-12-24(13-17-27)18-31-30(35)33-19-28(29(20-33)26-10-8-7-9-11-26)23(5)34(21(2)3)32-22(4)25-14-15-25/h7-13,16-17,21,25,28-29H,5-6,14-15,18-20H2,1-4H3,(H,31,35)/b32-22+/t28-,29-/m0/s1. The molecule has 2 aromatic rings. The Balaban J connectivity index is 1.48. The fourth-order valence-corrected chi connectivity index (χ4v) is 5.93. The van der Waals surface area contributed by atoms with Crippen LogP contribution in [0.1, 0.15) is 57.6 Å². The highest BCUT2D eigenvalue weighted by molar-refractivity contribution is 7.91. The van der Waals surface area contributed by atoms with E-state index in [2.05, 4.69) is 49.8 Å². The van der Waals surface area contributed by atoms with Crippen molar-refractivity contribution in [1.29, 1.82) is 0 Å². The molecule has 1 heterocycles. The van der Waals surface area contributed by atoms with Crippen LogP contribution in [0.15, 0.2) is 76.9 Å². The molecule has 1 N–H and O–H groups in total. The summed E-state index contributed by atoms with van der Waals surface area (Å²) in [5.41, 5.74) is 4.13. The fourth-order valence-electron chi connectivity index (χ4n) is 5.05. The van der Waals surface area contributed by atoms with Crippen molar-refractivity contribution >= 4 is 21.6 Å². The zero-order valence-electron chi connectivity index (χ0n) is 22.9. The number of carbonyl (C=O) groups excluding carboxylic acids is 1. The molecule has 204 valence electrons. The van der Waals surface area contributed by atoms with E-state index in [0.29, 0.717) is 30.4 Å². The summed E-state index contributed by atoms with van der Waals surface area (Å²) < 4.78 is 24.2. The largest absolute Gasteiger partial charge is 0.334 e. The molecule has 1 aliphatic heterocycles. The minimum absolute atomic E-state index is 0.0415. The average molecular weight is 537 g/mol. The number of rotatable bonds is 10. The summed E-state index contributed by atoms with van der Waals surface area (Å²) in [4.78, 5) is 15.4. The summed E-state index contributed by atoms with van der Waals surface area (Å²) in [6.07, 6.45) is 2.41. The predicted octanol–water partition coefficient (Wildman–Crippen LogP) is 5.42. The molecule has 0 spiro atoms. The number of benzene rings is 2. The Labute approximate surface area is 227 Å². The van der Waals surface area contributed by atoms with Gasteiger partial charge in [0, 0.05) is 48.9 Å². The van der Waals surface area contributed by atoms with Crippen LogP contribution in [0.5, 0.6) is 0 Å². The molecule has 1 saturated heterocycles. The summed E-state index contributed by atoms with van der Waals surface area (Å²) in [5, 5.41) is 10.1. The van der Waals surface area contributed by atoms with Gasteiger partial charge < -0.3 is 10.2 Å². The highest BCUT2D eigenvalue weighted by atomic mass is 32.2. The molecule has 2 aliphatic rings. The summed E-state index contributed by atoms with van der Waals surface area (Å²) in [6, 6.07) is 17.1. The van der Waals surface area contributed by atoms with Gasteiger partial charge in [-0.15, -0.1) is 0 Å². The number of nitrogens with one attached hydrogen (secondary N) is 1. The molecule has 2 atom stereocenters. The van der Waals surface area contributed by atoms with E-state index < -0.39 is 9.84 Å². The maximum atomic E-state index is 13.3. The third-order valence-electron chi connectivity index (χ3n) is 7.59. The van der Waals surface area contributed by atoms with Gasteiger partial charge >= 0.3 is 6.03 Å². The molecule has 2 amide bonds. The van der Waals surface area contributed by atoms with Crippen LogP contribution in [0.3, 0.4) is 0 Å². The topological polar surface area (TPSA) is 82.1 Å². The number of amides is 2. The lowest BCUT2D eigenvalue weighted by Crippen LogP contribution is -2.39. The van der Waals surface area contributed by atoms with Crippen LogP contribution in [0, 0.1) is 11.8 Å². The SMILES string of the molecule is C=C([C@@H]1CN(C(=O)NCc2ccc(S(=O)(=O)CC)cc2)C[C@H]1c1ccccc1)N(/N=C(\C)C1CC1)C(C)C. The molecule has 1 aliphatic carbocycles. The van der Waals surface area contributed by atoms with Crippen LogP contribution in [-0.4, -0.2) is 55.0 Å². The summed E-state index contributed by atoms with van der Waals surface area (Å²) in [7, 11) is -3.25. The molecule has 2 fully saturated rings. The van der Waals surface area contributed by atoms with Gasteiger partial charge in [-0.05, 0) is 62.8 Å². The van der Waals surface area contributed by atoms with Crippen LogP contribution in [0.25, 0.3) is 0 Å². The number of hydrogen-bond acceptors (Lipinski definition) is 5. The molecular formula is C30H40N4O3S. The smallest absolute Gasteiger partial charge is 0.317 e. The fraction of sp³-hybridized carbons (Fsp3) is 0.467. The van der Waals surface area contributed by atoms with Gasteiger partial charge in [0.05, 0.1) is 10.6 Å². The molecule has 0 aromatic heterocycles. The van der Waals surface area contributed by atoms with Crippen LogP contribution < -0.4 is 5.32 Å². The van der Waals surface area contributed by atoms with Crippen molar-refractivity contribution in [1.82, 2.24) is 15.2 Å². The van der Waals surface area contributed by atoms with Gasteiger partial charge in [0.2, 0.25) is 0 Å². The van der Waals surface area contributed by atoms with E-state index in [0.717, 1.165) is 17.0 Å². The third-order valence-corrected chi connectivity index (χ3v) is 9.34. The van der Waals surface area contributed by atoms with Gasteiger partial charge in [-0.2, -0.15) is 5.10 Å². The number of likely N-dealkylation sites (tertiary alicyclic amines) is 1. The Bertz CT molecular complexity index is 1270. The second kappa shape index (κ2) is 11.7. The van der Waals surface area contributed by atoms with Gasteiger partial charge in [-0.25, -0.2) is 13.2 Å². The third kappa shape index (κ3) is 6.46. The molecule has 8 heteroatoms. The zero-order valence-corrected chi connectivity index (χ0v) is 23.7. The Morgan fingerprint density at radius 2 is 1.76 bits per heavy atom. The van der Waals surface area contributed by atoms with Gasteiger partial charge in [0.1, 0.15) is 0 Å². The Morgan fingerprint density at radius 3 is 2.34 bits per heavy atom. The van der Waals surface area contributed by atoms with E-state index in [1.165, 1.54) is 18.4 Å². The Morgan fingerprint density at radius 1 is 1.11 bits per heavy atom. The molecular weight excluding hydrogens is 496 g/mol. The minimum atomic E-state index is -3.25. The quantitative estimate of drug-likeness (QED) is 0.325. The number of sulfone groups is 1. The lowest BCUT2D eigenvalue weighted by atomic mass is 9.86. The van der Waals surface area contributed by atoms with Crippen LogP contribution in [0.4, 0.5) is 4.79 Å². The lowest BCUT2D eigenvalue weighted by molar-refractivity contribution is 0.205. The Hall–Kier alpha value is -3.13. The first-order chi connectivity index (χ1) is 18.1. The molecule has 38 heavy (non-hydrogen) atoms. The highest BCUT2D eigenvalue weighted by Gasteiger charge is 2.40. The van der Waals surface area contributed by atoms with Crippen molar-refractivity contribution in [3.05, 3.63) is 78.0 Å². The van der Waals surface area contributed by atoms with Crippen molar-refractivity contribution in [3.63, 3.8) is 0 Å². The average Bonchev–Trinajstić information content (AvgIpc) is 3.68. The maximum absolute atomic E-state index is 13.3. The molecule has 0 unspecified atom stereocenters. The summed E-state index contributed by atoms with van der Waals surface area (Å²) >= 11 is 0. The van der Waals surface area contributed by atoms with E-state index in [1.807, 2.05) is 23.1 Å². The number of carbonyl (C=O) groups is 1. The van der Waals surface area contributed by atoms with E-state index >= 15 is 0 Å². The van der Waals surface area contributed by atoms with Crippen LogP contribution >= 0.6 is 0 Å². The summed E-state index contributed by atoms with van der Waals surface area (Å²) in [6.45, 7) is 14.0. The van der Waals surface area contributed by atoms with Crippen LogP contribution in [-0.2, 0) is 16.4 Å². The molecule has 7 nitrogen and oxygen atoms in total. The van der Waals surface area contributed by atoms with Gasteiger partial charge in [-0.1, -0.05) is 56.0 Å². The number of nitrogens with zero attached hydrogens (tertiary/aromatic N) is 3. The lowest BCUT2D eigenvalue weighted by Gasteiger charge is -2.32. The molecule has 2 aromatic carbocycles. The normalized spacial score (nSPS) is 20.0. The number of hydrazone groups is 1. The van der Waals surface area contributed by atoms with Crippen molar-refractivity contribution in [3.8, 4) is 0 Å². The van der Waals surface area contributed by atoms with E-state index in [4.69, 9.17) is 5.10 Å². The van der Waals surface area contributed by atoms with E-state index in [1.54, 1.807) is 31.2 Å². The second-order valence-corrected chi connectivity index (χ2v) is 13.0. The predicted molar refractivity (Wildman–Crippen MR) is 153 cm³/mol. The van der Waals surface area contributed by atoms with E-state index in [9.17, 15) is 13.2 Å². The van der Waals surface area contributed by atoms with Crippen molar-refractivity contribution in [2.75, 3.05) is 18.8 Å². The van der Waals surface area contributed by atoms with Crippen molar-refractivity contribution in [2.45, 2.75) is 63.9 Å². The van der Waals surface area contributed by atoms with E-state index in [-0.39, 0.29) is 29.7 Å². The minimum Gasteiger partial charge on any atom is -0.334 e. The van der Waals surface area contributed by atoms with Gasteiger partial charge in [-0.3, -0.25) is 5.01 Å². The number of hydrogen-bond donors (Lipinski definition) is 1. The molecule has 0 bridgehead atoms. The van der Waals surface area contributed by atoms with Gasteiger partial charge in [0.15, 0.2) is 9.84 Å². The first-order valence-corrected chi connectivity index (χ1v) is 15.2. The van der Waals surface area contributed by atoms with Crippen LogP contribution in [0.2, 0.25) is 0 Å². The van der Waals surface area contributed by atoms with Crippen molar-refractivity contribution < 1.29 is 13.2 Å². The molecule has 0 radical (unpaired) electrons. The van der Waals surface area contributed by atoms with Gasteiger partial charge in [0.25, 0.3) is 0 Å². The molecule has 4 rings (SSSR count). The highest BCUT2D eigenvalue weighted by Crippen LogP contribution is 2.39. The maximum Gasteiger partial charge on any atom is 0.317 e. The summed E-state index contributed by atoms with van der Waals surface area (Å²) in [5.74, 6) is 0.800. The first kappa shape index (κ1) is 27.9. The molecule has 1 saturated carbocycles. The monoisotopic (exact) mass is 536 g/mol.